The Balaban J connectivity index is 1.03. The van der Waals surface area contributed by atoms with Crippen molar-refractivity contribution in [3.63, 3.8) is 0 Å². The molecule has 0 saturated heterocycles. The van der Waals surface area contributed by atoms with Gasteiger partial charge in [-0.2, -0.15) is 0 Å². The normalized spacial score (nSPS) is 14.0. The number of hydrogen-bond donors (Lipinski definition) is 0. The van der Waals surface area contributed by atoms with Crippen LogP contribution in [0.2, 0.25) is 0 Å². The molecular weight excluding hydrogens is 733 g/mol. The summed E-state index contributed by atoms with van der Waals surface area (Å²) < 4.78 is 13.6. The van der Waals surface area contributed by atoms with E-state index >= 15 is 0 Å². The molecule has 0 saturated carbocycles. The van der Waals surface area contributed by atoms with Gasteiger partial charge in [0, 0.05) is 61.7 Å². The van der Waals surface area contributed by atoms with Crippen LogP contribution in [0.4, 0.5) is 34.1 Å². The van der Waals surface area contributed by atoms with Gasteiger partial charge in [-0.1, -0.05) is 127 Å². The fourth-order valence-corrected chi connectivity index (χ4v) is 9.34. The summed E-state index contributed by atoms with van der Waals surface area (Å²) in [6, 6.07) is 67.0. The minimum atomic E-state index is 0.399. The number of rotatable bonds is 7. The summed E-state index contributed by atoms with van der Waals surface area (Å²) in [6.45, 7) is 0. The smallest absolute Gasteiger partial charge is 0.159 e. The molecule has 0 N–H and O–H groups in total. The van der Waals surface area contributed by atoms with Crippen molar-refractivity contribution in [3.05, 3.63) is 218 Å². The van der Waals surface area contributed by atoms with Crippen molar-refractivity contribution in [2.45, 2.75) is 12.3 Å². The van der Waals surface area contributed by atoms with Crippen LogP contribution in [-0.2, 0) is 0 Å². The first-order valence-corrected chi connectivity index (χ1v) is 20.6. The fourth-order valence-electron chi connectivity index (χ4n) is 9.34. The predicted molar refractivity (Wildman–Crippen MR) is 251 cm³/mol. The zero-order valence-corrected chi connectivity index (χ0v) is 32.7. The van der Waals surface area contributed by atoms with Crippen LogP contribution in [-0.4, -0.2) is 0 Å². The summed E-state index contributed by atoms with van der Waals surface area (Å²) in [5, 5.41) is 8.99. The molecule has 0 bridgehead atoms. The van der Waals surface area contributed by atoms with E-state index in [1.807, 2.05) is 12.1 Å². The molecule has 11 aromatic rings. The van der Waals surface area contributed by atoms with Gasteiger partial charge in [0.05, 0.1) is 11.4 Å². The quantitative estimate of drug-likeness (QED) is 0.151. The maximum Gasteiger partial charge on any atom is 0.159 e. The van der Waals surface area contributed by atoms with E-state index in [1.54, 1.807) is 0 Å². The lowest BCUT2D eigenvalue weighted by atomic mass is 9.92. The molecule has 1 aliphatic carbocycles. The van der Waals surface area contributed by atoms with Gasteiger partial charge in [0.1, 0.15) is 16.7 Å². The third-order valence-electron chi connectivity index (χ3n) is 12.1. The molecule has 1 atom stereocenters. The second-order valence-electron chi connectivity index (χ2n) is 15.6. The van der Waals surface area contributed by atoms with E-state index in [4.69, 9.17) is 8.83 Å². The van der Waals surface area contributed by atoms with Crippen LogP contribution in [0.3, 0.4) is 0 Å². The van der Waals surface area contributed by atoms with Gasteiger partial charge in [0.2, 0.25) is 0 Å². The number of allylic oxidation sites excluding steroid dienone is 4. The molecule has 12 rings (SSSR count). The van der Waals surface area contributed by atoms with Crippen molar-refractivity contribution >= 4 is 99.5 Å². The molecule has 0 spiro atoms. The molecule has 0 fully saturated rings. The van der Waals surface area contributed by atoms with E-state index in [1.165, 1.54) is 16.3 Å². The number of hydrogen-bond acceptors (Lipinski definition) is 4. The summed E-state index contributed by atoms with van der Waals surface area (Å²) in [5.41, 5.74) is 11.0. The molecule has 2 aromatic heterocycles. The van der Waals surface area contributed by atoms with Gasteiger partial charge in [-0.3, -0.25) is 0 Å². The molecule has 4 nitrogen and oxygen atoms in total. The van der Waals surface area contributed by atoms with Crippen molar-refractivity contribution in [1.82, 2.24) is 0 Å². The van der Waals surface area contributed by atoms with E-state index < -0.39 is 0 Å². The van der Waals surface area contributed by atoms with Crippen LogP contribution >= 0.6 is 0 Å². The third-order valence-corrected chi connectivity index (χ3v) is 12.1. The minimum Gasteiger partial charge on any atom is -0.455 e. The summed E-state index contributed by atoms with van der Waals surface area (Å²) in [7, 11) is 0. The van der Waals surface area contributed by atoms with Gasteiger partial charge in [-0.15, -0.1) is 0 Å². The van der Waals surface area contributed by atoms with Crippen molar-refractivity contribution in [3.8, 4) is 0 Å². The number of para-hydroxylation sites is 4. The molecule has 284 valence electrons. The zero-order valence-electron chi connectivity index (χ0n) is 32.7. The fraction of sp³-hybridized carbons (Fsp3) is 0.0357. The number of benzene rings is 9. The van der Waals surface area contributed by atoms with Gasteiger partial charge >= 0.3 is 0 Å². The Hall–Kier alpha value is -7.82. The SMILES string of the molecule is C1=CCC(c2ccc(N(c3ccccc3)c3ccc4c(c3)c3ccccc3c3c5ccc(N(c6ccccc6)c6cccc7c6oc6ccccc67)cc5oc43)cc2)C=C1. The monoisotopic (exact) mass is 770 g/mol. The van der Waals surface area contributed by atoms with E-state index in [2.05, 4.69) is 210 Å². The lowest BCUT2D eigenvalue weighted by Crippen LogP contribution is -2.10. The lowest BCUT2D eigenvalue weighted by molar-refractivity contribution is 0.668. The first-order chi connectivity index (χ1) is 29.8. The number of furan rings is 2. The predicted octanol–water partition coefficient (Wildman–Crippen LogP) is 16.3. The van der Waals surface area contributed by atoms with Crippen molar-refractivity contribution in [1.29, 1.82) is 0 Å². The van der Waals surface area contributed by atoms with E-state index in [0.29, 0.717) is 5.92 Å². The maximum atomic E-state index is 7.04. The Morgan fingerprint density at radius 1 is 0.383 bits per heavy atom. The molecule has 0 amide bonds. The standard InChI is InChI=1S/C56H38N2O2/c1-4-15-37(16-5-1)38-27-29-41(30-28-38)57(39-17-6-2-7-18-39)42-31-33-48-50(35-42)44-21-10-11-23-46(44)54-49-34-32-43(36-53(49)60-56(48)54)58(40-19-8-3-9-20-40)51-25-14-24-47-45-22-12-13-26-52(45)59-55(47)51/h1-15,17-37H,16H2. The van der Waals surface area contributed by atoms with Crippen LogP contribution < -0.4 is 9.80 Å². The lowest BCUT2D eigenvalue weighted by Gasteiger charge is -2.26. The van der Waals surface area contributed by atoms with Gasteiger partial charge in [0.15, 0.2) is 5.58 Å². The van der Waals surface area contributed by atoms with Gasteiger partial charge in [-0.05, 0) is 107 Å². The zero-order chi connectivity index (χ0) is 39.6. The summed E-state index contributed by atoms with van der Waals surface area (Å²) >= 11 is 0. The molecule has 1 aliphatic rings. The first kappa shape index (κ1) is 34.2. The average molecular weight is 771 g/mol. The largest absolute Gasteiger partial charge is 0.455 e. The molecule has 9 aromatic carbocycles. The summed E-state index contributed by atoms with van der Waals surface area (Å²) in [6.07, 6.45) is 9.85. The van der Waals surface area contributed by atoms with Crippen LogP contribution in [0.25, 0.3) is 65.4 Å². The maximum absolute atomic E-state index is 7.04. The van der Waals surface area contributed by atoms with Gasteiger partial charge < -0.3 is 18.6 Å². The van der Waals surface area contributed by atoms with E-state index in [9.17, 15) is 0 Å². The third kappa shape index (κ3) is 5.53. The molecule has 2 heterocycles. The van der Waals surface area contributed by atoms with Crippen LogP contribution in [0, 0.1) is 0 Å². The second-order valence-corrected chi connectivity index (χ2v) is 15.6. The van der Waals surface area contributed by atoms with Crippen LogP contribution in [0.5, 0.6) is 0 Å². The summed E-state index contributed by atoms with van der Waals surface area (Å²) in [4.78, 5) is 4.62. The molecule has 60 heavy (non-hydrogen) atoms. The summed E-state index contributed by atoms with van der Waals surface area (Å²) in [5.74, 6) is 0.399. The highest BCUT2D eigenvalue weighted by Gasteiger charge is 2.23. The molecule has 0 radical (unpaired) electrons. The number of anilines is 6. The van der Waals surface area contributed by atoms with Crippen molar-refractivity contribution < 1.29 is 8.83 Å². The Labute approximate surface area is 347 Å². The Kier molecular flexibility index (Phi) is 7.95. The Bertz CT molecular complexity index is 3470. The molecule has 1 unspecified atom stereocenters. The van der Waals surface area contributed by atoms with Gasteiger partial charge in [0.25, 0.3) is 0 Å². The first-order valence-electron chi connectivity index (χ1n) is 20.6. The highest BCUT2D eigenvalue weighted by Crippen LogP contribution is 2.47. The van der Waals surface area contributed by atoms with Crippen molar-refractivity contribution in [2.75, 3.05) is 9.80 Å². The van der Waals surface area contributed by atoms with Crippen molar-refractivity contribution in [2.24, 2.45) is 0 Å². The molecule has 4 heteroatoms. The molecular formula is C56H38N2O2. The Morgan fingerprint density at radius 3 is 1.75 bits per heavy atom. The van der Waals surface area contributed by atoms with Crippen LogP contribution in [0.1, 0.15) is 17.9 Å². The number of fused-ring (bicyclic) bond motifs is 11. The number of nitrogens with zero attached hydrogens (tertiary/aromatic N) is 2. The van der Waals surface area contributed by atoms with E-state index in [-0.39, 0.29) is 0 Å². The van der Waals surface area contributed by atoms with Crippen LogP contribution in [0.15, 0.2) is 221 Å². The highest BCUT2D eigenvalue weighted by molar-refractivity contribution is 6.30. The highest BCUT2D eigenvalue weighted by atomic mass is 16.3. The average Bonchev–Trinajstić information content (AvgIpc) is 3.90. The topological polar surface area (TPSA) is 32.8 Å². The molecule has 0 aliphatic heterocycles. The second kappa shape index (κ2) is 13.9. The van der Waals surface area contributed by atoms with Gasteiger partial charge in [-0.25, -0.2) is 0 Å². The van der Waals surface area contributed by atoms with E-state index in [0.717, 1.165) is 95.2 Å². The Morgan fingerprint density at radius 2 is 0.983 bits per heavy atom. The minimum absolute atomic E-state index is 0.399.